The van der Waals surface area contributed by atoms with Gasteiger partial charge in [-0.3, -0.25) is 9.78 Å². The number of carbonyl (C=O) groups is 1. The first kappa shape index (κ1) is 11.6. The third-order valence-corrected chi connectivity index (χ3v) is 2.81. The van der Waals surface area contributed by atoms with Gasteiger partial charge in [-0.05, 0) is 6.07 Å². The van der Waals surface area contributed by atoms with Crippen LogP contribution in [0, 0.1) is 0 Å². The van der Waals surface area contributed by atoms with E-state index in [4.69, 9.17) is 0 Å². The van der Waals surface area contributed by atoms with Gasteiger partial charge in [0.05, 0.1) is 12.4 Å². The van der Waals surface area contributed by atoms with Crippen molar-refractivity contribution in [2.45, 2.75) is 4.83 Å². The van der Waals surface area contributed by atoms with Gasteiger partial charge < -0.3 is 0 Å². The van der Waals surface area contributed by atoms with Crippen molar-refractivity contribution in [3.05, 3.63) is 30.1 Å². The van der Waals surface area contributed by atoms with Gasteiger partial charge in [0.15, 0.2) is 0 Å². The summed E-state index contributed by atoms with van der Waals surface area (Å²) in [5, 5.41) is 11.4. The van der Waals surface area contributed by atoms with Gasteiger partial charge in [0.2, 0.25) is 0 Å². The highest BCUT2D eigenvalue weighted by Crippen LogP contribution is 2.05. The fourth-order valence-corrected chi connectivity index (χ4v) is 1.42. The number of hydrogen-bond donors (Lipinski definition) is 1. The number of carbonyl (C=O) groups excluding carboxylic acids is 1. The first-order valence-electron chi connectivity index (χ1n) is 4.75. The number of aromatic nitrogens is 1. The number of nitrogens with one attached hydrogen (secondary N) is 1. The SMILES string of the molecule is O=C1NN=C/C(=N\N=C/c2cccnc2)C1Br. The van der Waals surface area contributed by atoms with E-state index in [2.05, 4.69) is 41.6 Å². The van der Waals surface area contributed by atoms with Gasteiger partial charge in [0.1, 0.15) is 10.5 Å². The zero-order chi connectivity index (χ0) is 12.1. The van der Waals surface area contributed by atoms with Crippen LogP contribution in [0.5, 0.6) is 0 Å². The van der Waals surface area contributed by atoms with Gasteiger partial charge in [0.25, 0.3) is 5.91 Å². The first-order valence-corrected chi connectivity index (χ1v) is 5.67. The lowest BCUT2D eigenvalue weighted by molar-refractivity contribution is -0.119. The minimum Gasteiger partial charge on any atom is -0.271 e. The molecule has 0 saturated carbocycles. The predicted molar refractivity (Wildman–Crippen MR) is 68.6 cm³/mol. The van der Waals surface area contributed by atoms with Crippen LogP contribution in [0.4, 0.5) is 0 Å². The molecular weight excluding hydrogens is 286 g/mol. The van der Waals surface area contributed by atoms with Crippen LogP contribution < -0.4 is 5.43 Å². The summed E-state index contributed by atoms with van der Waals surface area (Å²) in [6.07, 6.45) is 6.34. The summed E-state index contributed by atoms with van der Waals surface area (Å²) in [7, 11) is 0. The van der Waals surface area contributed by atoms with Crippen LogP contribution in [-0.4, -0.2) is 33.9 Å². The summed E-state index contributed by atoms with van der Waals surface area (Å²) in [5.74, 6) is -0.261. The minimum atomic E-state index is -0.522. The third kappa shape index (κ3) is 3.04. The Morgan fingerprint density at radius 3 is 3.18 bits per heavy atom. The molecule has 1 N–H and O–H groups in total. The van der Waals surface area contributed by atoms with Crippen LogP contribution in [0.15, 0.2) is 39.8 Å². The zero-order valence-corrected chi connectivity index (χ0v) is 10.2. The lowest BCUT2D eigenvalue weighted by Gasteiger charge is -2.10. The summed E-state index contributed by atoms with van der Waals surface area (Å²) in [6, 6.07) is 3.65. The van der Waals surface area contributed by atoms with E-state index in [1.54, 1.807) is 24.7 Å². The van der Waals surface area contributed by atoms with Crippen LogP contribution in [0.25, 0.3) is 0 Å². The number of rotatable bonds is 2. The normalized spacial score (nSPS) is 22.1. The van der Waals surface area contributed by atoms with Crippen molar-refractivity contribution in [1.29, 1.82) is 0 Å². The Morgan fingerprint density at radius 2 is 2.41 bits per heavy atom. The Balaban J connectivity index is 2.11. The molecule has 6 nitrogen and oxygen atoms in total. The molecule has 1 unspecified atom stereocenters. The second kappa shape index (κ2) is 5.44. The molecular formula is C10H8BrN5O. The number of pyridine rings is 1. The number of alkyl halides is 1. The largest absolute Gasteiger partial charge is 0.271 e. The van der Waals surface area contributed by atoms with E-state index in [1.165, 1.54) is 6.21 Å². The molecule has 0 bridgehead atoms. The quantitative estimate of drug-likeness (QED) is 0.496. The smallest absolute Gasteiger partial charge is 0.260 e. The van der Waals surface area contributed by atoms with E-state index >= 15 is 0 Å². The van der Waals surface area contributed by atoms with E-state index < -0.39 is 4.83 Å². The molecule has 1 amide bonds. The van der Waals surface area contributed by atoms with E-state index in [0.29, 0.717) is 5.71 Å². The minimum absolute atomic E-state index is 0.261. The van der Waals surface area contributed by atoms with Crippen molar-refractivity contribution in [3.8, 4) is 0 Å². The summed E-state index contributed by atoms with van der Waals surface area (Å²) < 4.78 is 0. The highest BCUT2D eigenvalue weighted by Gasteiger charge is 2.23. The van der Waals surface area contributed by atoms with Gasteiger partial charge in [0, 0.05) is 18.0 Å². The summed E-state index contributed by atoms with van der Waals surface area (Å²) in [4.78, 5) is 14.6. The molecule has 86 valence electrons. The average molecular weight is 294 g/mol. The van der Waals surface area contributed by atoms with Crippen LogP contribution in [-0.2, 0) is 4.79 Å². The topological polar surface area (TPSA) is 79.1 Å². The van der Waals surface area contributed by atoms with E-state index in [9.17, 15) is 4.79 Å². The summed E-state index contributed by atoms with van der Waals surface area (Å²) in [5.41, 5.74) is 3.60. The molecule has 0 saturated heterocycles. The monoisotopic (exact) mass is 293 g/mol. The molecule has 1 aliphatic heterocycles. The Hall–Kier alpha value is -1.89. The highest BCUT2D eigenvalue weighted by molar-refractivity contribution is 9.10. The van der Waals surface area contributed by atoms with E-state index in [0.717, 1.165) is 5.56 Å². The van der Waals surface area contributed by atoms with E-state index in [-0.39, 0.29) is 5.91 Å². The zero-order valence-electron chi connectivity index (χ0n) is 8.62. The van der Waals surface area contributed by atoms with Crippen molar-refractivity contribution in [2.75, 3.05) is 0 Å². The molecule has 0 aliphatic carbocycles. The second-order valence-electron chi connectivity index (χ2n) is 3.15. The van der Waals surface area contributed by atoms with Gasteiger partial charge in [-0.15, -0.1) is 0 Å². The molecule has 0 fully saturated rings. The number of hydrazone groups is 1. The molecule has 17 heavy (non-hydrogen) atoms. The second-order valence-corrected chi connectivity index (χ2v) is 4.07. The summed E-state index contributed by atoms with van der Waals surface area (Å²) in [6.45, 7) is 0. The van der Waals surface area contributed by atoms with Crippen molar-refractivity contribution in [1.82, 2.24) is 10.4 Å². The fourth-order valence-electron chi connectivity index (χ4n) is 1.11. The molecule has 2 heterocycles. The van der Waals surface area contributed by atoms with Crippen LogP contribution >= 0.6 is 15.9 Å². The van der Waals surface area contributed by atoms with Crippen LogP contribution in [0.3, 0.4) is 0 Å². The molecule has 2 rings (SSSR count). The van der Waals surface area contributed by atoms with Crippen molar-refractivity contribution < 1.29 is 4.79 Å². The van der Waals surface area contributed by atoms with Crippen molar-refractivity contribution >= 4 is 40.0 Å². The van der Waals surface area contributed by atoms with Crippen LogP contribution in [0.2, 0.25) is 0 Å². The molecule has 0 spiro atoms. The molecule has 1 atom stereocenters. The van der Waals surface area contributed by atoms with Gasteiger partial charge in [-0.25, -0.2) is 5.43 Å². The van der Waals surface area contributed by atoms with Gasteiger partial charge in [-0.1, -0.05) is 22.0 Å². The van der Waals surface area contributed by atoms with Crippen molar-refractivity contribution in [2.24, 2.45) is 15.3 Å². The Kier molecular flexibility index (Phi) is 3.71. The standard InChI is InChI=1S/C10H8BrN5O/c11-9-8(6-14-16-10(9)17)15-13-5-7-2-1-3-12-4-7/h1-6,9H,(H,16,17)/b13-5-,15-8+. The van der Waals surface area contributed by atoms with E-state index in [1.807, 2.05) is 6.07 Å². The maximum atomic E-state index is 11.2. The van der Waals surface area contributed by atoms with Gasteiger partial charge in [-0.2, -0.15) is 15.3 Å². The highest BCUT2D eigenvalue weighted by atomic mass is 79.9. The lowest BCUT2D eigenvalue weighted by atomic mass is 10.2. The Bertz CT molecular complexity index is 497. The maximum absolute atomic E-state index is 11.2. The molecule has 0 aromatic carbocycles. The number of amides is 1. The molecule has 1 aromatic rings. The Labute approximate surface area is 106 Å². The van der Waals surface area contributed by atoms with Crippen LogP contribution in [0.1, 0.15) is 5.56 Å². The van der Waals surface area contributed by atoms with Gasteiger partial charge >= 0.3 is 0 Å². The molecule has 0 radical (unpaired) electrons. The van der Waals surface area contributed by atoms with Crippen molar-refractivity contribution in [3.63, 3.8) is 0 Å². The average Bonchev–Trinajstić information content (AvgIpc) is 2.36. The lowest BCUT2D eigenvalue weighted by Crippen LogP contribution is -2.38. The molecule has 1 aliphatic rings. The maximum Gasteiger partial charge on any atom is 0.260 e. The fraction of sp³-hybridized carbons (Fsp3) is 0.100. The predicted octanol–water partition coefficient (Wildman–Crippen LogP) is 0.736. The first-order chi connectivity index (χ1) is 8.27. The number of nitrogens with zero attached hydrogens (tertiary/aromatic N) is 4. The Morgan fingerprint density at radius 1 is 1.53 bits per heavy atom. The summed E-state index contributed by atoms with van der Waals surface area (Å²) >= 11 is 3.19. The number of halogens is 1. The third-order valence-electron chi connectivity index (χ3n) is 1.93. The number of hydrogen-bond acceptors (Lipinski definition) is 5. The molecule has 7 heteroatoms. The molecule has 1 aromatic heterocycles.